The lowest BCUT2D eigenvalue weighted by molar-refractivity contribution is -0.137. The molecule has 0 bridgehead atoms. The van der Waals surface area contributed by atoms with Crippen LogP contribution in [0.4, 0.5) is 5.13 Å². The van der Waals surface area contributed by atoms with Crippen LogP contribution in [0.1, 0.15) is 25.3 Å². The highest BCUT2D eigenvalue weighted by Gasteiger charge is 2.36. The first-order valence-corrected chi connectivity index (χ1v) is 14.6. The van der Waals surface area contributed by atoms with Crippen LogP contribution in [-0.2, 0) is 21.2 Å². The number of thiophene rings is 1. The second-order valence-electron chi connectivity index (χ2n) is 8.60. The largest absolute Gasteiger partial charge is 0.345 e. The van der Waals surface area contributed by atoms with Crippen molar-refractivity contribution in [1.82, 2.24) is 14.2 Å². The number of thiazole rings is 1. The molecule has 2 saturated heterocycles. The van der Waals surface area contributed by atoms with Crippen molar-refractivity contribution in [3.05, 3.63) is 41.3 Å². The number of piperidine rings is 1. The summed E-state index contributed by atoms with van der Waals surface area (Å²) in [7, 11) is -3.51. The van der Waals surface area contributed by atoms with Crippen molar-refractivity contribution in [2.75, 3.05) is 44.2 Å². The van der Waals surface area contributed by atoms with Gasteiger partial charge in [0.25, 0.3) is 10.0 Å². The van der Waals surface area contributed by atoms with Crippen molar-refractivity contribution in [2.45, 2.75) is 30.4 Å². The molecule has 1 unspecified atom stereocenters. The second-order valence-corrected chi connectivity index (χ2v) is 12.7. The maximum Gasteiger partial charge on any atom is 0.252 e. The van der Waals surface area contributed by atoms with Crippen LogP contribution < -0.4 is 4.90 Å². The number of hydrogen-bond donors (Lipinski definition) is 0. The molecule has 1 amide bonds. The Morgan fingerprint density at radius 2 is 1.97 bits per heavy atom. The Labute approximate surface area is 202 Å². The molecule has 1 atom stereocenters. The van der Waals surface area contributed by atoms with Crippen LogP contribution in [0.2, 0.25) is 0 Å². The van der Waals surface area contributed by atoms with E-state index in [0.717, 1.165) is 36.6 Å². The number of aryl methyl sites for hydroxylation is 1. The van der Waals surface area contributed by atoms with Gasteiger partial charge in [-0.05, 0) is 48.4 Å². The SMILES string of the molecule is CCc1ccc2nc(N3CCN(C(=O)C4CCCN(S(=O)(=O)c5cccs5)C4)CC3)sc2c1. The maximum absolute atomic E-state index is 13.2. The lowest BCUT2D eigenvalue weighted by atomic mass is 9.98. The molecular formula is C23H28N4O3S3. The van der Waals surface area contributed by atoms with Crippen molar-refractivity contribution >= 4 is 54.0 Å². The predicted octanol–water partition coefficient (Wildman–Crippen LogP) is 3.67. The summed E-state index contributed by atoms with van der Waals surface area (Å²) in [5.74, 6) is -0.187. The average Bonchev–Trinajstić information content (AvgIpc) is 3.54. The molecule has 176 valence electrons. The average molecular weight is 505 g/mol. The van der Waals surface area contributed by atoms with Crippen LogP contribution in [0.3, 0.4) is 0 Å². The van der Waals surface area contributed by atoms with E-state index >= 15 is 0 Å². The molecule has 0 radical (unpaired) electrons. The number of anilines is 1. The van der Waals surface area contributed by atoms with Crippen molar-refractivity contribution in [3.8, 4) is 0 Å². The van der Waals surface area contributed by atoms with Crippen LogP contribution >= 0.6 is 22.7 Å². The Morgan fingerprint density at radius 3 is 2.70 bits per heavy atom. The molecule has 2 aliphatic rings. The molecule has 2 aliphatic heterocycles. The summed E-state index contributed by atoms with van der Waals surface area (Å²) in [6.07, 6.45) is 2.47. The zero-order chi connectivity index (χ0) is 23.0. The first-order valence-electron chi connectivity index (χ1n) is 11.4. The summed E-state index contributed by atoms with van der Waals surface area (Å²) in [6.45, 7) is 5.69. The Hall–Kier alpha value is -2.01. The highest BCUT2D eigenvalue weighted by molar-refractivity contribution is 7.91. The Kier molecular flexibility index (Phi) is 6.43. The fourth-order valence-electron chi connectivity index (χ4n) is 4.59. The lowest BCUT2D eigenvalue weighted by Crippen LogP contribution is -2.53. The molecule has 2 fully saturated rings. The number of benzene rings is 1. The third-order valence-electron chi connectivity index (χ3n) is 6.53. The van der Waals surface area contributed by atoms with Gasteiger partial charge < -0.3 is 9.80 Å². The molecule has 7 nitrogen and oxygen atoms in total. The number of fused-ring (bicyclic) bond motifs is 1. The standard InChI is InChI=1S/C23H28N4O3S3/c1-2-17-7-8-19-20(15-17)32-23(24-19)26-12-10-25(11-13-26)22(28)18-5-3-9-27(16-18)33(29,30)21-6-4-14-31-21/h4,6-8,14-15,18H,2-3,5,9-13,16H2,1H3. The van der Waals surface area contributed by atoms with Crippen LogP contribution in [0.5, 0.6) is 0 Å². The number of piperazine rings is 1. The summed E-state index contributed by atoms with van der Waals surface area (Å²) in [5.41, 5.74) is 2.34. The summed E-state index contributed by atoms with van der Waals surface area (Å²) in [6, 6.07) is 9.82. The number of amides is 1. The number of carbonyl (C=O) groups is 1. The van der Waals surface area contributed by atoms with Crippen LogP contribution in [0.15, 0.2) is 39.9 Å². The number of carbonyl (C=O) groups excluding carboxylic acids is 1. The fraction of sp³-hybridized carbons (Fsp3) is 0.478. The lowest BCUT2D eigenvalue weighted by Gasteiger charge is -2.38. The van der Waals surface area contributed by atoms with Crippen molar-refractivity contribution < 1.29 is 13.2 Å². The van der Waals surface area contributed by atoms with Gasteiger partial charge in [-0.2, -0.15) is 4.31 Å². The van der Waals surface area contributed by atoms with Gasteiger partial charge in [-0.1, -0.05) is 30.4 Å². The molecule has 4 heterocycles. The van der Waals surface area contributed by atoms with Gasteiger partial charge in [-0.15, -0.1) is 11.3 Å². The highest BCUT2D eigenvalue weighted by atomic mass is 32.2. The van der Waals surface area contributed by atoms with Crippen LogP contribution in [0.25, 0.3) is 10.2 Å². The summed E-state index contributed by atoms with van der Waals surface area (Å²) < 4.78 is 28.9. The zero-order valence-corrected chi connectivity index (χ0v) is 21.1. The van der Waals surface area contributed by atoms with E-state index in [1.54, 1.807) is 28.8 Å². The Bertz CT molecular complexity index is 1230. The van der Waals surface area contributed by atoms with Gasteiger partial charge in [0.2, 0.25) is 5.91 Å². The smallest absolute Gasteiger partial charge is 0.252 e. The van der Waals surface area contributed by atoms with Gasteiger partial charge in [-0.3, -0.25) is 4.79 Å². The highest BCUT2D eigenvalue weighted by Crippen LogP contribution is 2.31. The molecule has 10 heteroatoms. The molecular weight excluding hydrogens is 476 g/mol. The third-order valence-corrected chi connectivity index (χ3v) is 10.9. The Balaban J connectivity index is 1.21. The van der Waals surface area contributed by atoms with Crippen molar-refractivity contribution in [1.29, 1.82) is 0 Å². The molecule has 1 aromatic carbocycles. The van der Waals surface area contributed by atoms with Crippen LogP contribution in [0, 0.1) is 5.92 Å². The summed E-state index contributed by atoms with van der Waals surface area (Å²) >= 11 is 2.94. The molecule has 0 spiro atoms. The van der Waals surface area contributed by atoms with E-state index in [9.17, 15) is 13.2 Å². The van der Waals surface area contributed by atoms with Crippen molar-refractivity contribution in [2.24, 2.45) is 5.92 Å². The predicted molar refractivity (Wildman–Crippen MR) is 134 cm³/mol. The van der Waals surface area contributed by atoms with Gasteiger partial charge in [0.05, 0.1) is 16.1 Å². The topological polar surface area (TPSA) is 73.8 Å². The molecule has 0 saturated carbocycles. The molecule has 0 aliphatic carbocycles. The van der Waals surface area contributed by atoms with E-state index in [2.05, 4.69) is 30.0 Å². The van der Waals surface area contributed by atoms with Crippen LogP contribution in [-0.4, -0.2) is 67.8 Å². The monoisotopic (exact) mass is 504 g/mol. The van der Waals surface area contributed by atoms with Gasteiger partial charge in [0.15, 0.2) is 5.13 Å². The Morgan fingerprint density at radius 1 is 1.15 bits per heavy atom. The number of hydrogen-bond acceptors (Lipinski definition) is 7. The first kappa shape index (κ1) is 22.8. The second kappa shape index (κ2) is 9.32. The van der Waals surface area contributed by atoms with Gasteiger partial charge in [0, 0.05) is 39.3 Å². The van der Waals surface area contributed by atoms with E-state index < -0.39 is 10.0 Å². The van der Waals surface area contributed by atoms with Crippen molar-refractivity contribution in [3.63, 3.8) is 0 Å². The zero-order valence-electron chi connectivity index (χ0n) is 18.6. The van der Waals surface area contributed by atoms with Gasteiger partial charge in [0.1, 0.15) is 4.21 Å². The maximum atomic E-state index is 13.2. The summed E-state index contributed by atoms with van der Waals surface area (Å²) in [5, 5.41) is 2.78. The normalized spacial score (nSPS) is 20.5. The van der Waals surface area contributed by atoms with E-state index in [1.165, 1.54) is 25.9 Å². The third kappa shape index (κ3) is 4.53. The molecule has 5 rings (SSSR count). The van der Waals surface area contributed by atoms with E-state index in [1.807, 2.05) is 4.90 Å². The first-order chi connectivity index (χ1) is 16.0. The summed E-state index contributed by atoms with van der Waals surface area (Å²) in [4.78, 5) is 22.2. The minimum Gasteiger partial charge on any atom is -0.345 e. The van der Waals surface area contributed by atoms with E-state index in [0.29, 0.717) is 30.3 Å². The van der Waals surface area contributed by atoms with Gasteiger partial charge >= 0.3 is 0 Å². The fourth-order valence-corrected chi connectivity index (χ4v) is 8.34. The van der Waals surface area contributed by atoms with Gasteiger partial charge in [-0.25, -0.2) is 13.4 Å². The van der Waals surface area contributed by atoms with E-state index in [4.69, 9.17) is 4.98 Å². The molecule has 2 aromatic heterocycles. The molecule has 0 N–H and O–H groups in total. The van der Waals surface area contributed by atoms with E-state index in [-0.39, 0.29) is 18.4 Å². The number of aromatic nitrogens is 1. The quantitative estimate of drug-likeness (QED) is 0.530. The molecule has 3 aromatic rings. The number of rotatable bonds is 5. The number of nitrogens with zero attached hydrogens (tertiary/aromatic N) is 4. The number of sulfonamides is 1. The molecule has 33 heavy (non-hydrogen) atoms. The minimum absolute atomic E-state index is 0.0811. The minimum atomic E-state index is -3.51.